The number of hydrogen-bond acceptors (Lipinski definition) is 4. The minimum Gasteiger partial charge on any atom is -0.436 e. The monoisotopic (exact) mass is 435 g/mol. The summed E-state index contributed by atoms with van der Waals surface area (Å²) in [6, 6.07) is 18.4. The molecule has 0 aliphatic rings. The number of aromatic nitrogens is 1. The van der Waals surface area contributed by atoms with E-state index in [9.17, 15) is 4.79 Å². The van der Waals surface area contributed by atoms with Gasteiger partial charge in [-0.3, -0.25) is 10.1 Å². The Kier molecular flexibility index (Phi) is 5.53. The van der Waals surface area contributed by atoms with Gasteiger partial charge < -0.3 is 9.73 Å². The third-order valence-corrected chi connectivity index (χ3v) is 5.03. The molecular weight excluding hydrogens is 418 g/mol. The van der Waals surface area contributed by atoms with Gasteiger partial charge in [0.25, 0.3) is 5.91 Å². The number of oxazole rings is 1. The molecule has 1 aromatic heterocycles. The lowest BCUT2D eigenvalue weighted by Gasteiger charge is -2.11. The zero-order valence-electron chi connectivity index (χ0n) is 16.3. The van der Waals surface area contributed by atoms with Crippen LogP contribution in [-0.4, -0.2) is 16.0 Å². The first kappa shape index (κ1) is 20.1. The van der Waals surface area contributed by atoms with E-state index in [1.54, 1.807) is 24.3 Å². The van der Waals surface area contributed by atoms with Gasteiger partial charge in [0, 0.05) is 21.8 Å². The zero-order chi connectivity index (χ0) is 21.3. The van der Waals surface area contributed by atoms with Crippen LogP contribution in [-0.2, 0) is 0 Å². The van der Waals surface area contributed by atoms with Crippen molar-refractivity contribution in [1.29, 1.82) is 0 Å². The Morgan fingerprint density at radius 2 is 1.80 bits per heavy atom. The molecule has 0 saturated heterocycles. The van der Waals surface area contributed by atoms with E-state index < -0.39 is 0 Å². The molecule has 0 radical (unpaired) electrons. The Morgan fingerprint density at radius 3 is 2.53 bits per heavy atom. The number of anilines is 1. The third-order valence-electron chi connectivity index (χ3n) is 4.59. The molecule has 4 rings (SSSR count). The molecule has 3 aromatic carbocycles. The molecule has 0 fully saturated rings. The highest BCUT2D eigenvalue weighted by atomic mass is 35.5. The van der Waals surface area contributed by atoms with E-state index >= 15 is 0 Å². The predicted octanol–water partition coefficient (Wildman–Crippen LogP) is 5.89. The molecule has 1 heterocycles. The average Bonchev–Trinajstić information content (AvgIpc) is 3.11. The summed E-state index contributed by atoms with van der Waals surface area (Å²) < 4.78 is 5.78. The molecule has 5 nitrogen and oxygen atoms in total. The minimum atomic E-state index is -0.244. The van der Waals surface area contributed by atoms with Crippen LogP contribution < -0.4 is 10.6 Å². The van der Waals surface area contributed by atoms with Crippen LogP contribution >= 0.6 is 23.8 Å². The molecule has 150 valence electrons. The van der Waals surface area contributed by atoms with Crippen molar-refractivity contribution in [2.45, 2.75) is 13.8 Å². The lowest BCUT2D eigenvalue weighted by Crippen LogP contribution is -2.34. The Balaban J connectivity index is 1.43. The van der Waals surface area contributed by atoms with Gasteiger partial charge >= 0.3 is 0 Å². The fraction of sp³-hybridized carbons (Fsp3) is 0.0870. The molecule has 7 heteroatoms. The Morgan fingerprint density at radius 1 is 1.03 bits per heavy atom. The highest BCUT2D eigenvalue weighted by Crippen LogP contribution is 2.27. The fourth-order valence-corrected chi connectivity index (χ4v) is 3.50. The number of benzene rings is 3. The normalized spacial score (nSPS) is 10.8. The van der Waals surface area contributed by atoms with Crippen molar-refractivity contribution in [3.05, 3.63) is 82.4 Å². The molecular formula is C23H18ClN3O2S. The number of amides is 1. The number of halogens is 1. The number of carbonyl (C=O) groups excluding carboxylic acids is 1. The van der Waals surface area contributed by atoms with E-state index in [1.165, 1.54) is 0 Å². The molecule has 0 atom stereocenters. The maximum atomic E-state index is 12.5. The SMILES string of the molecule is Cc1ccc(C(=O)NC(=S)Nc2ccc(-c3nc4cc(Cl)ccc4o3)cc2)c(C)c1. The highest BCUT2D eigenvalue weighted by molar-refractivity contribution is 7.80. The maximum absolute atomic E-state index is 12.5. The van der Waals surface area contributed by atoms with Gasteiger partial charge in [0.05, 0.1) is 0 Å². The summed E-state index contributed by atoms with van der Waals surface area (Å²) in [6.45, 7) is 3.89. The molecule has 30 heavy (non-hydrogen) atoms. The predicted molar refractivity (Wildman–Crippen MR) is 124 cm³/mol. The topological polar surface area (TPSA) is 67.2 Å². The summed E-state index contributed by atoms with van der Waals surface area (Å²) in [5.74, 6) is 0.260. The van der Waals surface area contributed by atoms with Crippen molar-refractivity contribution < 1.29 is 9.21 Å². The van der Waals surface area contributed by atoms with E-state index in [-0.39, 0.29) is 11.0 Å². The van der Waals surface area contributed by atoms with Gasteiger partial charge in [0.15, 0.2) is 10.7 Å². The molecule has 0 spiro atoms. The molecule has 2 N–H and O–H groups in total. The van der Waals surface area contributed by atoms with Crippen LogP contribution in [0.25, 0.3) is 22.6 Å². The molecule has 0 aliphatic carbocycles. The van der Waals surface area contributed by atoms with Gasteiger partial charge in [0.2, 0.25) is 5.89 Å². The Bertz CT molecular complexity index is 1270. The molecule has 4 aromatic rings. The van der Waals surface area contributed by atoms with Crippen LogP contribution in [0.3, 0.4) is 0 Å². The van der Waals surface area contributed by atoms with Crippen LogP contribution in [0.15, 0.2) is 65.1 Å². The number of nitrogens with one attached hydrogen (secondary N) is 2. The maximum Gasteiger partial charge on any atom is 0.257 e. The molecule has 0 bridgehead atoms. The van der Waals surface area contributed by atoms with Crippen molar-refractivity contribution in [2.24, 2.45) is 0 Å². The lowest BCUT2D eigenvalue weighted by molar-refractivity contribution is 0.0977. The number of nitrogens with zero attached hydrogens (tertiary/aromatic N) is 1. The number of fused-ring (bicyclic) bond motifs is 1. The molecule has 0 aliphatic heterocycles. The summed E-state index contributed by atoms with van der Waals surface area (Å²) in [7, 11) is 0. The quantitative estimate of drug-likeness (QED) is 0.392. The van der Waals surface area contributed by atoms with Crippen LogP contribution in [0, 0.1) is 13.8 Å². The zero-order valence-corrected chi connectivity index (χ0v) is 17.9. The van der Waals surface area contributed by atoms with E-state index in [4.69, 9.17) is 28.2 Å². The first-order valence-electron chi connectivity index (χ1n) is 9.25. The average molecular weight is 436 g/mol. The summed E-state index contributed by atoms with van der Waals surface area (Å²) in [5.41, 5.74) is 5.53. The number of carbonyl (C=O) groups is 1. The number of hydrogen-bond donors (Lipinski definition) is 2. The van der Waals surface area contributed by atoms with Crippen molar-refractivity contribution in [1.82, 2.24) is 10.3 Å². The van der Waals surface area contributed by atoms with Crippen molar-refractivity contribution in [3.8, 4) is 11.5 Å². The second-order valence-corrected chi connectivity index (χ2v) is 7.78. The minimum absolute atomic E-state index is 0.226. The number of thiocarbonyl (C=S) groups is 1. The van der Waals surface area contributed by atoms with Crippen molar-refractivity contribution in [2.75, 3.05) is 5.32 Å². The smallest absolute Gasteiger partial charge is 0.257 e. The Labute approximate surface area is 184 Å². The van der Waals surface area contributed by atoms with Crippen LogP contribution in [0.5, 0.6) is 0 Å². The standard InChI is InChI=1S/C23H18ClN3O2S/c1-13-3-9-18(14(2)11-13)21(28)27-23(30)25-17-7-4-15(5-8-17)22-26-19-12-16(24)6-10-20(19)29-22/h3-12H,1-2H3,(H2,25,27,28,30). The Hall–Kier alpha value is -3.22. The second-order valence-electron chi connectivity index (χ2n) is 6.94. The second kappa shape index (κ2) is 8.26. The summed E-state index contributed by atoms with van der Waals surface area (Å²) in [5, 5.41) is 6.57. The highest BCUT2D eigenvalue weighted by Gasteiger charge is 2.12. The van der Waals surface area contributed by atoms with Gasteiger partial charge in [-0.25, -0.2) is 4.98 Å². The lowest BCUT2D eigenvalue weighted by atomic mass is 10.1. The van der Waals surface area contributed by atoms with E-state index in [0.29, 0.717) is 27.6 Å². The van der Waals surface area contributed by atoms with Gasteiger partial charge in [-0.1, -0.05) is 29.3 Å². The summed E-state index contributed by atoms with van der Waals surface area (Å²) >= 11 is 11.3. The summed E-state index contributed by atoms with van der Waals surface area (Å²) in [6.07, 6.45) is 0. The van der Waals surface area contributed by atoms with Gasteiger partial charge in [-0.15, -0.1) is 0 Å². The molecule has 1 amide bonds. The van der Waals surface area contributed by atoms with E-state index in [0.717, 1.165) is 22.4 Å². The molecule has 0 saturated carbocycles. The van der Waals surface area contributed by atoms with Crippen molar-refractivity contribution in [3.63, 3.8) is 0 Å². The van der Waals surface area contributed by atoms with E-state index in [2.05, 4.69) is 15.6 Å². The van der Waals surface area contributed by atoms with Gasteiger partial charge in [-0.2, -0.15) is 0 Å². The first-order chi connectivity index (χ1) is 14.4. The van der Waals surface area contributed by atoms with Crippen LogP contribution in [0.2, 0.25) is 5.02 Å². The fourth-order valence-electron chi connectivity index (χ4n) is 3.12. The van der Waals surface area contributed by atoms with Crippen LogP contribution in [0.4, 0.5) is 5.69 Å². The van der Waals surface area contributed by atoms with E-state index in [1.807, 2.05) is 50.2 Å². The molecule has 0 unspecified atom stereocenters. The first-order valence-corrected chi connectivity index (χ1v) is 10.0. The van der Waals surface area contributed by atoms with Crippen LogP contribution in [0.1, 0.15) is 21.5 Å². The summed E-state index contributed by atoms with van der Waals surface area (Å²) in [4.78, 5) is 16.9. The number of rotatable bonds is 3. The van der Waals surface area contributed by atoms with Crippen molar-refractivity contribution >= 4 is 51.6 Å². The third kappa shape index (κ3) is 4.35. The number of aryl methyl sites for hydroxylation is 2. The van der Waals surface area contributed by atoms with Gasteiger partial charge in [0.1, 0.15) is 5.52 Å². The largest absolute Gasteiger partial charge is 0.436 e. The van der Waals surface area contributed by atoms with Gasteiger partial charge in [-0.05, 0) is 80.2 Å².